The highest BCUT2D eigenvalue weighted by molar-refractivity contribution is 7.71. The zero-order chi connectivity index (χ0) is 11.7. The first-order valence-corrected chi connectivity index (χ1v) is 6.62. The van der Waals surface area contributed by atoms with Crippen LogP contribution in [0.4, 0.5) is 0 Å². The molecule has 0 saturated heterocycles. The lowest BCUT2D eigenvalue weighted by Gasteiger charge is -2.12. The average molecular weight is 236 g/mol. The van der Waals surface area contributed by atoms with E-state index in [1.807, 2.05) is 0 Å². The summed E-state index contributed by atoms with van der Waals surface area (Å²) in [7, 11) is 0. The highest BCUT2D eigenvalue weighted by Crippen LogP contribution is 2.36. The van der Waals surface area contributed by atoms with E-state index in [1.165, 1.54) is 25.0 Å². The molecule has 0 aliphatic heterocycles. The van der Waals surface area contributed by atoms with E-state index >= 15 is 0 Å². The van der Waals surface area contributed by atoms with Crippen LogP contribution in [0, 0.1) is 17.5 Å². The Kier molecular flexibility index (Phi) is 3.43. The fraction of sp³-hybridized carbons (Fsp3) is 0.692. The number of hydrogen-bond acceptors (Lipinski definition) is 2. The van der Waals surface area contributed by atoms with Crippen LogP contribution in [0.3, 0.4) is 0 Å². The van der Waals surface area contributed by atoms with Gasteiger partial charge in [0, 0.05) is 17.2 Å². The maximum atomic E-state index is 5.33. The summed E-state index contributed by atoms with van der Waals surface area (Å²) in [6.07, 6.45) is 4.84. The third kappa shape index (κ3) is 2.19. The summed E-state index contributed by atoms with van der Waals surface area (Å²) < 4.78 is 0.783. The Balaban J connectivity index is 2.35. The van der Waals surface area contributed by atoms with E-state index in [0.29, 0.717) is 5.92 Å². The molecule has 1 aliphatic carbocycles. The molecule has 1 aromatic heterocycles. The number of H-pyrrole nitrogens is 1. The predicted molar refractivity (Wildman–Crippen MR) is 69.3 cm³/mol. The predicted octanol–water partition coefficient (Wildman–Crippen LogP) is 3.91. The number of nitrogens with one attached hydrogen (secondary N) is 1. The highest BCUT2D eigenvalue weighted by Gasteiger charge is 2.24. The molecule has 1 saturated carbocycles. The molecule has 0 amide bonds. The molecule has 1 aromatic rings. The number of nitrogens with zero attached hydrogens (tertiary/aromatic N) is 1. The highest BCUT2D eigenvalue weighted by atomic mass is 32.1. The smallest absolute Gasteiger partial charge is 0.132 e. The third-order valence-corrected chi connectivity index (χ3v) is 4.11. The molecule has 1 fully saturated rings. The molecule has 0 radical (unpaired) electrons. The molecule has 1 N–H and O–H groups in total. The molecule has 1 aliphatic rings. The van der Waals surface area contributed by atoms with Gasteiger partial charge in [-0.05, 0) is 38.5 Å². The van der Waals surface area contributed by atoms with E-state index in [1.54, 1.807) is 0 Å². The summed E-state index contributed by atoms with van der Waals surface area (Å²) in [5, 5.41) is 0. The van der Waals surface area contributed by atoms with Gasteiger partial charge in [0.2, 0.25) is 0 Å². The number of hydrogen-bond donors (Lipinski definition) is 1. The Morgan fingerprint density at radius 3 is 2.75 bits per heavy atom. The van der Waals surface area contributed by atoms with Crippen molar-refractivity contribution in [2.75, 3.05) is 0 Å². The second kappa shape index (κ2) is 4.66. The fourth-order valence-electron chi connectivity index (χ4n) is 2.60. The Hall–Kier alpha value is -0.700. The third-order valence-electron chi connectivity index (χ3n) is 3.71. The van der Waals surface area contributed by atoms with Crippen LogP contribution in [0.15, 0.2) is 0 Å². The molecular weight excluding hydrogens is 216 g/mol. The lowest BCUT2D eigenvalue weighted by atomic mass is 10.0. The Labute approximate surface area is 103 Å². The van der Waals surface area contributed by atoms with Gasteiger partial charge in [-0.2, -0.15) is 0 Å². The van der Waals surface area contributed by atoms with Crippen molar-refractivity contribution in [2.45, 2.75) is 52.4 Å². The maximum Gasteiger partial charge on any atom is 0.132 e. The lowest BCUT2D eigenvalue weighted by molar-refractivity contribution is 0.583. The van der Waals surface area contributed by atoms with E-state index in [-0.39, 0.29) is 0 Å². The van der Waals surface area contributed by atoms with Gasteiger partial charge in [-0.25, -0.2) is 4.98 Å². The van der Waals surface area contributed by atoms with Gasteiger partial charge in [-0.3, -0.25) is 0 Å². The van der Waals surface area contributed by atoms with Crippen molar-refractivity contribution >= 4 is 12.2 Å². The van der Waals surface area contributed by atoms with Crippen LogP contribution in [0.2, 0.25) is 0 Å². The Bertz CT molecular complexity index is 436. The summed E-state index contributed by atoms with van der Waals surface area (Å²) in [5.74, 6) is 2.56. The fourth-order valence-corrected chi connectivity index (χ4v) is 2.82. The van der Waals surface area contributed by atoms with Crippen molar-refractivity contribution in [3.05, 3.63) is 21.7 Å². The van der Waals surface area contributed by atoms with E-state index in [4.69, 9.17) is 12.2 Å². The quantitative estimate of drug-likeness (QED) is 0.789. The van der Waals surface area contributed by atoms with Crippen molar-refractivity contribution in [2.24, 2.45) is 5.92 Å². The van der Waals surface area contributed by atoms with E-state index < -0.39 is 0 Å². The zero-order valence-electron chi connectivity index (χ0n) is 10.3. The molecule has 3 heteroatoms. The normalized spacial score (nSPS) is 24.9. The second-order valence-corrected chi connectivity index (χ2v) is 5.39. The van der Waals surface area contributed by atoms with Gasteiger partial charge >= 0.3 is 0 Å². The average Bonchev–Trinajstić information content (AvgIpc) is 2.69. The number of aryl methyl sites for hydroxylation is 1. The van der Waals surface area contributed by atoms with Crippen molar-refractivity contribution in [1.82, 2.24) is 9.97 Å². The van der Waals surface area contributed by atoms with E-state index in [9.17, 15) is 0 Å². The molecule has 2 rings (SSSR count). The van der Waals surface area contributed by atoms with Gasteiger partial charge in [0.1, 0.15) is 10.5 Å². The first kappa shape index (κ1) is 11.8. The van der Waals surface area contributed by atoms with E-state index in [0.717, 1.165) is 28.4 Å². The molecule has 1 heterocycles. The molecule has 16 heavy (non-hydrogen) atoms. The first-order valence-electron chi connectivity index (χ1n) is 6.21. The van der Waals surface area contributed by atoms with Gasteiger partial charge in [-0.1, -0.05) is 26.1 Å². The molecule has 0 bridgehead atoms. The van der Waals surface area contributed by atoms with Crippen LogP contribution in [0.5, 0.6) is 0 Å². The van der Waals surface area contributed by atoms with Crippen LogP contribution in [-0.4, -0.2) is 9.97 Å². The van der Waals surface area contributed by atoms with Crippen LogP contribution in [0.25, 0.3) is 0 Å². The van der Waals surface area contributed by atoms with Crippen molar-refractivity contribution in [1.29, 1.82) is 0 Å². The summed E-state index contributed by atoms with van der Waals surface area (Å²) in [6, 6.07) is 0. The Morgan fingerprint density at radius 1 is 1.44 bits per heavy atom. The minimum absolute atomic E-state index is 0.600. The lowest BCUT2D eigenvalue weighted by Crippen LogP contribution is -2.06. The minimum Gasteiger partial charge on any atom is -0.347 e. The number of rotatable bonds is 2. The maximum absolute atomic E-state index is 5.33. The summed E-state index contributed by atoms with van der Waals surface area (Å²) in [5.41, 5.74) is 2.40. The topological polar surface area (TPSA) is 28.7 Å². The molecule has 0 aromatic carbocycles. The zero-order valence-corrected chi connectivity index (χ0v) is 11.2. The summed E-state index contributed by atoms with van der Waals surface area (Å²) >= 11 is 5.33. The first-order chi connectivity index (χ1) is 7.61. The van der Waals surface area contributed by atoms with Crippen molar-refractivity contribution < 1.29 is 0 Å². The van der Waals surface area contributed by atoms with Gasteiger partial charge in [0.15, 0.2) is 0 Å². The summed E-state index contributed by atoms with van der Waals surface area (Å²) in [6.45, 7) is 6.55. The number of aromatic amines is 1. The Morgan fingerprint density at radius 2 is 2.19 bits per heavy atom. The number of aromatic nitrogens is 2. The van der Waals surface area contributed by atoms with Gasteiger partial charge in [-0.15, -0.1) is 0 Å². The van der Waals surface area contributed by atoms with Crippen LogP contribution < -0.4 is 0 Å². The van der Waals surface area contributed by atoms with Crippen LogP contribution in [0.1, 0.15) is 56.1 Å². The molecule has 88 valence electrons. The molecule has 2 unspecified atom stereocenters. The van der Waals surface area contributed by atoms with Crippen LogP contribution in [-0.2, 0) is 6.42 Å². The SMILES string of the molecule is CCc1[nH]c(C2CCC(C)C2)nc(=S)c1C. The molecule has 2 nitrogen and oxygen atoms in total. The molecule has 0 spiro atoms. The minimum atomic E-state index is 0.600. The molecule has 2 atom stereocenters. The van der Waals surface area contributed by atoms with E-state index in [2.05, 4.69) is 30.7 Å². The summed E-state index contributed by atoms with van der Waals surface area (Å²) in [4.78, 5) is 8.04. The van der Waals surface area contributed by atoms with Crippen molar-refractivity contribution in [3.63, 3.8) is 0 Å². The second-order valence-electron chi connectivity index (χ2n) is 5.00. The van der Waals surface area contributed by atoms with Gasteiger partial charge < -0.3 is 4.98 Å². The van der Waals surface area contributed by atoms with Gasteiger partial charge in [0.05, 0.1) is 0 Å². The van der Waals surface area contributed by atoms with Crippen molar-refractivity contribution in [3.8, 4) is 0 Å². The monoisotopic (exact) mass is 236 g/mol. The van der Waals surface area contributed by atoms with Crippen LogP contribution >= 0.6 is 12.2 Å². The standard InChI is InChI=1S/C13H20N2S/c1-4-11-9(3)13(16)15-12(14-11)10-6-5-8(2)7-10/h8,10H,4-7H2,1-3H3,(H,14,15,16). The largest absolute Gasteiger partial charge is 0.347 e. The molecular formula is C13H20N2S. The van der Waals surface area contributed by atoms with Gasteiger partial charge in [0.25, 0.3) is 0 Å².